The van der Waals surface area contributed by atoms with Gasteiger partial charge in [0.2, 0.25) is 5.91 Å². The van der Waals surface area contributed by atoms with E-state index in [9.17, 15) is 4.79 Å². The fourth-order valence-electron chi connectivity index (χ4n) is 1.82. The first-order valence-electron chi connectivity index (χ1n) is 5.18. The monoisotopic (exact) mass is 207 g/mol. The van der Waals surface area contributed by atoms with E-state index in [0.717, 1.165) is 19.3 Å². The van der Waals surface area contributed by atoms with Crippen LogP contribution in [0.15, 0.2) is 17.5 Å². The highest BCUT2D eigenvalue weighted by Gasteiger charge is 2.42. The van der Waals surface area contributed by atoms with Crippen LogP contribution < -0.4 is 5.32 Å². The molecule has 1 N–H and O–H groups in total. The summed E-state index contributed by atoms with van der Waals surface area (Å²) < 4.78 is 0. The SMILES string of the molecule is O=C(NC1CC1c1cccs1)C1CC1. The maximum atomic E-state index is 11.5. The van der Waals surface area contributed by atoms with Crippen molar-refractivity contribution in [3.8, 4) is 0 Å². The molecule has 0 aromatic carbocycles. The number of thiophene rings is 1. The summed E-state index contributed by atoms with van der Waals surface area (Å²) >= 11 is 1.80. The molecule has 2 fully saturated rings. The average molecular weight is 207 g/mol. The van der Waals surface area contributed by atoms with E-state index < -0.39 is 0 Å². The summed E-state index contributed by atoms with van der Waals surface area (Å²) in [6.45, 7) is 0. The minimum absolute atomic E-state index is 0.286. The Hall–Kier alpha value is -0.830. The lowest BCUT2D eigenvalue weighted by Gasteiger charge is -2.01. The second-order valence-corrected chi connectivity index (χ2v) is 5.23. The molecule has 0 bridgehead atoms. The molecule has 0 saturated heterocycles. The molecule has 1 amide bonds. The van der Waals surface area contributed by atoms with Crippen molar-refractivity contribution in [1.82, 2.24) is 5.32 Å². The Morgan fingerprint density at radius 2 is 2.36 bits per heavy atom. The van der Waals surface area contributed by atoms with Gasteiger partial charge in [-0.1, -0.05) is 6.07 Å². The van der Waals surface area contributed by atoms with Crippen molar-refractivity contribution in [3.05, 3.63) is 22.4 Å². The van der Waals surface area contributed by atoms with E-state index >= 15 is 0 Å². The van der Waals surface area contributed by atoms with Crippen LogP contribution in [0.4, 0.5) is 0 Å². The fourth-order valence-corrected chi connectivity index (χ4v) is 2.72. The quantitative estimate of drug-likeness (QED) is 0.808. The van der Waals surface area contributed by atoms with Crippen LogP contribution >= 0.6 is 11.3 Å². The average Bonchev–Trinajstić information content (AvgIpc) is 3.08. The van der Waals surface area contributed by atoms with Crippen molar-refractivity contribution in [3.63, 3.8) is 0 Å². The van der Waals surface area contributed by atoms with Crippen molar-refractivity contribution in [2.24, 2.45) is 5.92 Å². The van der Waals surface area contributed by atoms with Crippen molar-refractivity contribution in [1.29, 1.82) is 0 Å². The maximum Gasteiger partial charge on any atom is 0.223 e. The zero-order valence-electron chi connectivity index (χ0n) is 7.90. The van der Waals surface area contributed by atoms with E-state index in [1.54, 1.807) is 11.3 Å². The molecule has 0 spiro atoms. The van der Waals surface area contributed by atoms with Gasteiger partial charge in [-0.15, -0.1) is 11.3 Å². The maximum absolute atomic E-state index is 11.5. The Kier molecular flexibility index (Phi) is 1.87. The van der Waals surface area contributed by atoms with Crippen LogP contribution in [0.2, 0.25) is 0 Å². The highest BCUT2D eigenvalue weighted by Crippen LogP contribution is 2.43. The molecular formula is C11H13NOS. The van der Waals surface area contributed by atoms with Crippen LogP contribution in [0.3, 0.4) is 0 Å². The molecule has 1 heterocycles. The Bertz CT molecular complexity index is 342. The molecule has 2 atom stereocenters. The molecule has 1 aromatic heterocycles. The molecule has 2 nitrogen and oxygen atoms in total. The Balaban J connectivity index is 1.55. The lowest BCUT2D eigenvalue weighted by molar-refractivity contribution is -0.122. The Morgan fingerprint density at radius 1 is 1.50 bits per heavy atom. The van der Waals surface area contributed by atoms with Gasteiger partial charge in [0.1, 0.15) is 0 Å². The molecule has 2 saturated carbocycles. The molecular weight excluding hydrogens is 194 g/mol. The number of carbonyl (C=O) groups is 1. The third-order valence-electron chi connectivity index (χ3n) is 2.97. The largest absolute Gasteiger partial charge is 0.352 e. The van der Waals surface area contributed by atoms with Crippen LogP contribution in [-0.4, -0.2) is 11.9 Å². The van der Waals surface area contributed by atoms with E-state index in [1.165, 1.54) is 4.88 Å². The van der Waals surface area contributed by atoms with E-state index in [4.69, 9.17) is 0 Å². The Labute approximate surface area is 87.3 Å². The zero-order chi connectivity index (χ0) is 9.54. The summed E-state index contributed by atoms with van der Waals surface area (Å²) in [6.07, 6.45) is 3.34. The number of amides is 1. The van der Waals surface area contributed by atoms with E-state index in [0.29, 0.717) is 17.9 Å². The van der Waals surface area contributed by atoms with Crippen LogP contribution in [0, 0.1) is 5.92 Å². The molecule has 2 unspecified atom stereocenters. The first-order chi connectivity index (χ1) is 6.84. The number of carbonyl (C=O) groups excluding carboxylic acids is 1. The zero-order valence-corrected chi connectivity index (χ0v) is 8.72. The third-order valence-corrected chi connectivity index (χ3v) is 3.98. The number of rotatable bonds is 3. The molecule has 3 rings (SSSR count). The normalized spacial score (nSPS) is 30.0. The second-order valence-electron chi connectivity index (χ2n) is 4.25. The van der Waals surface area contributed by atoms with Crippen LogP contribution in [-0.2, 0) is 4.79 Å². The summed E-state index contributed by atoms with van der Waals surface area (Å²) in [7, 11) is 0. The van der Waals surface area contributed by atoms with Crippen molar-refractivity contribution >= 4 is 17.2 Å². The third kappa shape index (κ3) is 1.57. The molecule has 14 heavy (non-hydrogen) atoms. The van der Waals surface area contributed by atoms with Gasteiger partial charge in [-0.2, -0.15) is 0 Å². The van der Waals surface area contributed by atoms with Crippen LogP contribution in [0.1, 0.15) is 30.1 Å². The minimum atomic E-state index is 0.286. The summed E-state index contributed by atoms with van der Waals surface area (Å²) in [5.41, 5.74) is 0. The van der Waals surface area contributed by atoms with Gasteiger partial charge in [0, 0.05) is 22.8 Å². The summed E-state index contributed by atoms with van der Waals surface area (Å²) in [4.78, 5) is 12.9. The van der Waals surface area contributed by atoms with Gasteiger partial charge in [0.05, 0.1) is 0 Å². The lowest BCUT2D eigenvalue weighted by atomic mass is 10.3. The van der Waals surface area contributed by atoms with Gasteiger partial charge in [0.25, 0.3) is 0 Å². The van der Waals surface area contributed by atoms with E-state index in [2.05, 4.69) is 22.8 Å². The first kappa shape index (κ1) is 8.48. The summed E-state index contributed by atoms with van der Waals surface area (Å²) in [5.74, 6) is 1.24. The van der Waals surface area contributed by atoms with Gasteiger partial charge in [-0.3, -0.25) is 4.79 Å². The van der Waals surface area contributed by atoms with Gasteiger partial charge in [-0.05, 0) is 30.7 Å². The van der Waals surface area contributed by atoms with Gasteiger partial charge >= 0.3 is 0 Å². The van der Waals surface area contributed by atoms with Crippen molar-refractivity contribution in [2.75, 3.05) is 0 Å². The topological polar surface area (TPSA) is 29.1 Å². The molecule has 0 aliphatic heterocycles. The summed E-state index contributed by atoms with van der Waals surface area (Å²) in [6, 6.07) is 4.68. The number of hydrogen-bond acceptors (Lipinski definition) is 2. The predicted octanol–water partition coefficient (Wildman–Crippen LogP) is 2.13. The van der Waals surface area contributed by atoms with Crippen molar-refractivity contribution in [2.45, 2.75) is 31.2 Å². The predicted molar refractivity (Wildman–Crippen MR) is 56.3 cm³/mol. The highest BCUT2D eigenvalue weighted by molar-refractivity contribution is 7.10. The number of hydrogen-bond donors (Lipinski definition) is 1. The summed E-state index contributed by atoms with van der Waals surface area (Å²) in [5, 5.41) is 5.23. The molecule has 0 radical (unpaired) electrons. The highest BCUT2D eigenvalue weighted by atomic mass is 32.1. The van der Waals surface area contributed by atoms with Gasteiger partial charge < -0.3 is 5.32 Å². The molecule has 1 aromatic rings. The van der Waals surface area contributed by atoms with E-state index in [-0.39, 0.29) is 5.91 Å². The standard InChI is InChI=1S/C11H13NOS/c13-11(7-3-4-7)12-9-6-8(9)10-2-1-5-14-10/h1-2,5,7-9H,3-4,6H2,(H,12,13). The second kappa shape index (κ2) is 3.09. The lowest BCUT2D eigenvalue weighted by Crippen LogP contribution is -2.27. The van der Waals surface area contributed by atoms with Crippen molar-refractivity contribution < 1.29 is 4.79 Å². The minimum Gasteiger partial charge on any atom is -0.352 e. The molecule has 2 aliphatic carbocycles. The number of nitrogens with one attached hydrogen (secondary N) is 1. The van der Waals surface area contributed by atoms with E-state index in [1.807, 2.05) is 0 Å². The Morgan fingerprint density at radius 3 is 3.00 bits per heavy atom. The smallest absolute Gasteiger partial charge is 0.223 e. The van der Waals surface area contributed by atoms with Gasteiger partial charge in [-0.25, -0.2) is 0 Å². The first-order valence-corrected chi connectivity index (χ1v) is 6.06. The van der Waals surface area contributed by atoms with Crippen LogP contribution in [0.5, 0.6) is 0 Å². The van der Waals surface area contributed by atoms with Gasteiger partial charge in [0.15, 0.2) is 0 Å². The molecule has 74 valence electrons. The molecule has 3 heteroatoms. The fraction of sp³-hybridized carbons (Fsp3) is 0.545. The van der Waals surface area contributed by atoms with Crippen LogP contribution in [0.25, 0.3) is 0 Å². The molecule has 2 aliphatic rings.